The van der Waals surface area contributed by atoms with Gasteiger partial charge in [-0.05, 0) is 13.0 Å². The van der Waals surface area contributed by atoms with Gasteiger partial charge in [-0.1, -0.05) is 0 Å². The second-order valence-corrected chi connectivity index (χ2v) is 1.86. The van der Waals surface area contributed by atoms with E-state index in [2.05, 4.69) is 0 Å². The lowest BCUT2D eigenvalue weighted by Crippen LogP contribution is -1.99. The van der Waals surface area contributed by atoms with Gasteiger partial charge in [0, 0.05) is 0 Å². The average molecular weight is 156 g/mol. The number of hydrogen-bond donors (Lipinski definition) is 1. The fraction of sp³-hybridized carbons (Fsp3) is 0.286. The standard InChI is InChI=1S/C7H8O4/c1-2-10-7-5(6(8)9)3-4-11-7/h3-4H,2H2,1H3,(H,8,9). The number of furan rings is 1. The SMILES string of the molecule is CCOc1occc1C(=O)O. The van der Waals surface area contributed by atoms with E-state index in [1.807, 2.05) is 0 Å². The number of carboxylic acids is 1. The molecule has 0 aromatic carbocycles. The van der Waals surface area contributed by atoms with Crippen molar-refractivity contribution in [1.82, 2.24) is 0 Å². The zero-order valence-electron chi connectivity index (χ0n) is 6.03. The Kier molecular flexibility index (Phi) is 2.15. The third-order valence-electron chi connectivity index (χ3n) is 1.14. The third kappa shape index (κ3) is 1.52. The molecule has 1 aromatic rings. The van der Waals surface area contributed by atoms with Crippen LogP contribution in [0.1, 0.15) is 17.3 Å². The van der Waals surface area contributed by atoms with E-state index in [1.165, 1.54) is 12.3 Å². The molecule has 4 heteroatoms. The number of rotatable bonds is 3. The van der Waals surface area contributed by atoms with Crippen LogP contribution in [-0.2, 0) is 0 Å². The average Bonchev–Trinajstić information content (AvgIpc) is 2.36. The van der Waals surface area contributed by atoms with Crippen LogP contribution in [0, 0.1) is 0 Å². The predicted molar refractivity (Wildman–Crippen MR) is 36.8 cm³/mol. The Bertz CT molecular complexity index is 251. The second-order valence-electron chi connectivity index (χ2n) is 1.86. The van der Waals surface area contributed by atoms with Gasteiger partial charge in [-0.25, -0.2) is 4.79 Å². The van der Waals surface area contributed by atoms with Crippen LogP contribution in [0.15, 0.2) is 16.7 Å². The maximum Gasteiger partial charge on any atom is 0.343 e. The Morgan fingerprint density at radius 2 is 2.55 bits per heavy atom. The predicted octanol–water partition coefficient (Wildman–Crippen LogP) is 1.38. The minimum atomic E-state index is -1.04. The number of carboxylic acid groups (broad SMARTS) is 1. The van der Waals surface area contributed by atoms with Gasteiger partial charge in [0.15, 0.2) is 0 Å². The molecule has 0 saturated heterocycles. The number of ether oxygens (including phenoxy) is 1. The van der Waals surface area contributed by atoms with Crippen molar-refractivity contribution in [3.63, 3.8) is 0 Å². The van der Waals surface area contributed by atoms with Crippen molar-refractivity contribution in [2.45, 2.75) is 6.92 Å². The van der Waals surface area contributed by atoms with Gasteiger partial charge < -0.3 is 14.3 Å². The van der Waals surface area contributed by atoms with Gasteiger partial charge in [0.05, 0.1) is 12.9 Å². The van der Waals surface area contributed by atoms with E-state index in [-0.39, 0.29) is 11.5 Å². The first-order valence-electron chi connectivity index (χ1n) is 3.19. The summed E-state index contributed by atoms with van der Waals surface area (Å²) in [5.74, 6) is -0.970. The summed E-state index contributed by atoms with van der Waals surface area (Å²) in [6, 6.07) is 1.35. The summed E-state index contributed by atoms with van der Waals surface area (Å²) in [6.07, 6.45) is 1.29. The van der Waals surface area contributed by atoms with E-state index in [9.17, 15) is 4.79 Å². The molecule has 0 atom stereocenters. The van der Waals surface area contributed by atoms with E-state index < -0.39 is 5.97 Å². The van der Waals surface area contributed by atoms with E-state index in [1.54, 1.807) is 6.92 Å². The molecule has 0 amide bonds. The van der Waals surface area contributed by atoms with Crippen molar-refractivity contribution in [2.75, 3.05) is 6.61 Å². The van der Waals surface area contributed by atoms with E-state index in [4.69, 9.17) is 14.3 Å². The fourth-order valence-corrected chi connectivity index (χ4v) is 0.697. The first-order chi connectivity index (χ1) is 5.25. The zero-order chi connectivity index (χ0) is 8.27. The summed E-state index contributed by atoms with van der Waals surface area (Å²) in [7, 11) is 0. The Morgan fingerprint density at radius 1 is 1.82 bits per heavy atom. The lowest BCUT2D eigenvalue weighted by atomic mass is 10.3. The van der Waals surface area contributed by atoms with Crippen LogP contribution < -0.4 is 4.74 Å². The number of hydrogen-bond acceptors (Lipinski definition) is 3. The minimum absolute atomic E-state index is 0.0619. The molecule has 0 aliphatic rings. The highest BCUT2D eigenvalue weighted by molar-refractivity contribution is 5.89. The lowest BCUT2D eigenvalue weighted by Gasteiger charge is -1.97. The smallest absolute Gasteiger partial charge is 0.343 e. The number of carbonyl (C=O) groups is 1. The fourth-order valence-electron chi connectivity index (χ4n) is 0.697. The van der Waals surface area contributed by atoms with Gasteiger partial charge in [0.1, 0.15) is 5.56 Å². The van der Waals surface area contributed by atoms with Crippen LogP contribution in [-0.4, -0.2) is 17.7 Å². The first kappa shape index (κ1) is 7.65. The molecule has 1 N–H and O–H groups in total. The van der Waals surface area contributed by atoms with Gasteiger partial charge in [-0.2, -0.15) is 0 Å². The first-order valence-corrected chi connectivity index (χ1v) is 3.19. The quantitative estimate of drug-likeness (QED) is 0.718. The zero-order valence-corrected chi connectivity index (χ0v) is 6.03. The lowest BCUT2D eigenvalue weighted by molar-refractivity contribution is 0.0689. The van der Waals surface area contributed by atoms with Crippen molar-refractivity contribution in [3.05, 3.63) is 17.9 Å². The van der Waals surface area contributed by atoms with Crippen molar-refractivity contribution in [3.8, 4) is 5.95 Å². The third-order valence-corrected chi connectivity index (χ3v) is 1.14. The van der Waals surface area contributed by atoms with Gasteiger partial charge in [-0.3, -0.25) is 0 Å². The van der Waals surface area contributed by atoms with E-state index in [0.29, 0.717) is 6.61 Å². The molecule has 1 rings (SSSR count). The van der Waals surface area contributed by atoms with Crippen molar-refractivity contribution < 1.29 is 19.1 Å². The molecule has 0 radical (unpaired) electrons. The summed E-state index contributed by atoms with van der Waals surface area (Å²) in [5.41, 5.74) is 0.0619. The van der Waals surface area contributed by atoms with Gasteiger partial charge in [0.25, 0.3) is 5.95 Å². The maximum absolute atomic E-state index is 10.4. The van der Waals surface area contributed by atoms with Crippen LogP contribution >= 0.6 is 0 Å². The Balaban J connectivity index is 2.87. The summed E-state index contributed by atoms with van der Waals surface area (Å²) in [4.78, 5) is 10.4. The summed E-state index contributed by atoms with van der Waals surface area (Å²) < 4.78 is 9.65. The molecule has 1 aromatic heterocycles. The second kappa shape index (κ2) is 3.09. The van der Waals surface area contributed by atoms with Crippen molar-refractivity contribution in [1.29, 1.82) is 0 Å². The van der Waals surface area contributed by atoms with Crippen LogP contribution in [0.3, 0.4) is 0 Å². The maximum atomic E-state index is 10.4. The minimum Gasteiger partial charge on any atom is -0.477 e. The number of aromatic carboxylic acids is 1. The summed E-state index contributed by atoms with van der Waals surface area (Å²) in [5, 5.41) is 8.54. The molecule has 0 unspecified atom stereocenters. The molecule has 11 heavy (non-hydrogen) atoms. The highest BCUT2D eigenvalue weighted by Gasteiger charge is 2.13. The van der Waals surface area contributed by atoms with Gasteiger partial charge in [-0.15, -0.1) is 0 Å². The Morgan fingerprint density at radius 3 is 3.09 bits per heavy atom. The molecule has 0 spiro atoms. The van der Waals surface area contributed by atoms with Crippen LogP contribution in [0.2, 0.25) is 0 Å². The molecule has 0 aliphatic carbocycles. The molecular weight excluding hydrogens is 148 g/mol. The molecule has 0 saturated carbocycles. The molecule has 0 fully saturated rings. The Labute approximate surface area is 63.4 Å². The largest absolute Gasteiger partial charge is 0.477 e. The van der Waals surface area contributed by atoms with Crippen molar-refractivity contribution in [2.24, 2.45) is 0 Å². The van der Waals surface area contributed by atoms with Crippen molar-refractivity contribution >= 4 is 5.97 Å². The van der Waals surface area contributed by atoms with E-state index >= 15 is 0 Å². The molecule has 1 heterocycles. The molecule has 0 bridgehead atoms. The van der Waals surface area contributed by atoms with Crippen LogP contribution in [0.25, 0.3) is 0 Å². The van der Waals surface area contributed by atoms with Gasteiger partial charge >= 0.3 is 5.97 Å². The normalized spacial score (nSPS) is 9.55. The highest BCUT2D eigenvalue weighted by Crippen LogP contribution is 2.18. The highest BCUT2D eigenvalue weighted by atomic mass is 16.6. The van der Waals surface area contributed by atoms with Crippen LogP contribution in [0.5, 0.6) is 5.95 Å². The Hall–Kier alpha value is -1.45. The molecule has 0 aliphatic heterocycles. The molecular formula is C7H8O4. The molecule has 4 nitrogen and oxygen atoms in total. The topological polar surface area (TPSA) is 59.7 Å². The summed E-state index contributed by atoms with van der Waals surface area (Å²) >= 11 is 0. The molecule has 60 valence electrons. The van der Waals surface area contributed by atoms with E-state index in [0.717, 1.165) is 0 Å². The summed E-state index contributed by atoms with van der Waals surface area (Å²) in [6.45, 7) is 2.15. The monoisotopic (exact) mass is 156 g/mol. The van der Waals surface area contributed by atoms with Crippen LogP contribution in [0.4, 0.5) is 0 Å². The van der Waals surface area contributed by atoms with Gasteiger partial charge in [0.2, 0.25) is 0 Å².